The number of para-hydroxylation sites is 1. The van der Waals surface area contributed by atoms with Crippen LogP contribution in [0.2, 0.25) is 0 Å². The van der Waals surface area contributed by atoms with E-state index in [4.69, 9.17) is 0 Å². The van der Waals surface area contributed by atoms with Gasteiger partial charge in [0.2, 0.25) is 11.8 Å². The highest BCUT2D eigenvalue weighted by Crippen LogP contribution is 2.41. The number of nitrogens with zero attached hydrogens (tertiary/aromatic N) is 4. The van der Waals surface area contributed by atoms with Gasteiger partial charge in [-0.15, -0.1) is 0 Å². The fraction of sp³-hybridized carbons (Fsp3) is 0.571. The van der Waals surface area contributed by atoms with Gasteiger partial charge in [-0.3, -0.25) is 24.0 Å². The fourth-order valence-electron chi connectivity index (χ4n) is 4.93. The van der Waals surface area contributed by atoms with Crippen LogP contribution in [0.4, 0.5) is 5.69 Å². The van der Waals surface area contributed by atoms with E-state index >= 15 is 0 Å². The lowest BCUT2D eigenvalue weighted by Crippen LogP contribution is -2.58. The first-order valence-electron chi connectivity index (χ1n) is 10.3. The van der Waals surface area contributed by atoms with Crippen LogP contribution in [0.15, 0.2) is 23.0 Å². The number of hydrogen-bond acceptors (Lipinski definition) is 5. The molecule has 2 saturated heterocycles. The minimum atomic E-state index is -0.467. The first kappa shape index (κ1) is 19.7. The molecule has 0 atom stereocenters. The number of imide groups is 1. The molecule has 3 heterocycles. The van der Waals surface area contributed by atoms with Crippen LogP contribution >= 0.6 is 0 Å². The van der Waals surface area contributed by atoms with Crippen LogP contribution in [-0.2, 0) is 23.2 Å². The van der Waals surface area contributed by atoms with Crippen molar-refractivity contribution in [3.8, 4) is 0 Å². The lowest BCUT2D eigenvalue weighted by atomic mass is 9.72. The van der Waals surface area contributed by atoms with Crippen LogP contribution in [0.1, 0.15) is 26.2 Å². The first-order chi connectivity index (χ1) is 13.8. The topological polar surface area (TPSA) is 79.6 Å². The zero-order valence-electron chi connectivity index (χ0n) is 17.4. The van der Waals surface area contributed by atoms with Gasteiger partial charge in [0.05, 0.1) is 16.7 Å². The molecule has 4 rings (SSSR count). The molecule has 8 heteroatoms. The largest absolute Gasteiger partial charge is 0.370 e. The quantitative estimate of drug-likeness (QED) is 0.827. The van der Waals surface area contributed by atoms with Crippen molar-refractivity contribution in [1.29, 1.82) is 0 Å². The highest BCUT2D eigenvalue weighted by Gasteiger charge is 2.43. The molecule has 0 saturated carbocycles. The SMILES string of the molecule is CCC(=O)NC(=O)Cn1c(=O)n(C)c2c(N3CCC4(CC3)CN(C)C4)cccc21. The maximum Gasteiger partial charge on any atom is 0.329 e. The van der Waals surface area contributed by atoms with Gasteiger partial charge >= 0.3 is 5.69 Å². The number of carbonyl (C=O) groups excluding carboxylic acids is 2. The van der Waals surface area contributed by atoms with E-state index in [9.17, 15) is 14.4 Å². The molecule has 0 aliphatic carbocycles. The van der Waals surface area contributed by atoms with Crippen molar-refractivity contribution in [3.05, 3.63) is 28.7 Å². The molecule has 0 bridgehead atoms. The van der Waals surface area contributed by atoms with Crippen molar-refractivity contribution in [2.45, 2.75) is 32.7 Å². The van der Waals surface area contributed by atoms with Crippen molar-refractivity contribution < 1.29 is 9.59 Å². The van der Waals surface area contributed by atoms with Gasteiger partial charge in [0.25, 0.3) is 0 Å². The second-order valence-corrected chi connectivity index (χ2v) is 8.56. The average molecular weight is 399 g/mol. The van der Waals surface area contributed by atoms with Crippen LogP contribution in [0.5, 0.6) is 0 Å². The van der Waals surface area contributed by atoms with E-state index in [1.54, 1.807) is 18.5 Å². The number of rotatable bonds is 4. The van der Waals surface area contributed by atoms with Crippen molar-refractivity contribution in [2.75, 3.05) is 38.1 Å². The van der Waals surface area contributed by atoms with Gasteiger partial charge in [0, 0.05) is 39.6 Å². The predicted octanol–water partition coefficient (Wildman–Crippen LogP) is 0.925. The molecular formula is C21H29N5O3. The lowest BCUT2D eigenvalue weighted by Gasteiger charge is -2.53. The number of aromatic nitrogens is 2. The summed E-state index contributed by atoms with van der Waals surface area (Å²) in [6, 6.07) is 5.85. The Bertz CT molecular complexity index is 1010. The highest BCUT2D eigenvalue weighted by atomic mass is 16.2. The summed E-state index contributed by atoms with van der Waals surface area (Å²) in [6.45, 7) is 5.80. The van der Waals surface area contributed by atoms with Crippen molar-refractivity contribution in [3.63, 3.8) is 0 Å². The summed E-state index contributed by atoms with van der Waals surface area (Å²) in [6.07, 6.45) is 2.54. The van der Waals surface area contributed by atoms with Gasteiger partial charge in [0.1, 0.15) is 6.54 Å². The van der Waals surface area contributed by atoms with E-state index in [0.29, 0.717) is 5.41 Å². The molecule has 1 aromatic heterocycles. The number of hydrogen-bond donors (Lipinski definition) is 1. The second-order valence-electron chi connectivity index (χ2n) is 8.56. The van der Waals surface area contributed by atoms with E-state index in [1.165, 1.54) is 17.7 Å². The predicted molar refractivity (Wildman–Crippen MR) is 112 cm³/mol. The third-order valence-electron chi connectivity index (χ3n) is 6.41. The van der Waals surface area contributed by atoms with Gasteiger partial charge in [0.15, 0.2) is 0 Å². The number of carbonyl (C=O) groups is 2. The maximum absolute atomic E-state index is 12.8. The molecule has 2 aliphatic heterocycles. The minimum absolute atomic E-state index is 0.166. The number of aryl methyl sites for hydroxylation is 1. The molecular weight excluding hydrogens is 370 g/mol. The Hall–Kier alpha value is -2.61. The summed E-state index contributed by atoms with van der Waals surface area (Å²) in [7, 11) is 3.91. The second kappa shape index (κ2) is 7.33. The summed E-state index contributed by atoms with van der Waals surface area (Å²) in [4.78, 5) is 41.3. The van der Waals surface area contributed by atoms with E-state index in [0.717, 1.165) is 42.7 Å². The summed E-state index contributed by atoms with van der Waals surface area (Å²) >= 11 is 0. The maximum atomic E-state index is 12.8. The summed E-state index contributed by atoms with van der Waals surface area (Å²) in [5.41, 5.74) is 2.81. The van der Waals surface area contributed by atoms with Crippen molar-refractivity contribution in [2.24, 2.45) is 12.5 Å². The average Bonchev–Trinajstić information content (AvgIpc) is 2.92. The van der Waals surface area contributed by atoms with E-state index in [2.05, 4.69) is 28.2 Å². The number of fused-ring (bicyclic) bond motifs is 1. The lowest BCUT2D eigenvalue weighted by molar-refractivity contribution is -0.130. The number of benzene rings is 1. The Labute approximate surface area is 170 Å². The standard InChI is InChI=1S/C21H29N5O3/c1-4-17(27)22-18(28)12-26-16-7-5-6-15(19(16)24(3)20(26)29)25-10-8-21(9-11-25)13-23(2)14-21/h5-7H,4,8-14H2,1-3H3,(H,22,27,28). The summed E-state index contributed by atoms with van der Waals surface area (Å²) < 4.78 is 3.06. The Morgan fingerprint density at radius 3 is 2.41 bits per heavy atom. The molecule has 0 unspecified atom stereocenters. The molecule has 1 N–H and O–H groups in total. The Morgan fingerprint density at radius 1 is 1.10 bits per heavy atom. The van der Waals surface area contributed by atoms with Crippen molar-refractivity contribution >= 4 is 28.5 Å². The molecule has 0 radical (unpaired) electrons. The van der Waals surface area contributed by atoms with Gasteiger partial charge in [-0.1, -0.05) is 13.0 Å². The smallest absolute Gasteiger partial charge is 0.329 e. The van der Waals surface area contributed by atoms with Gasteiger partial charge in [-0.2, -0.15) is 0 Å². The number of likely N-dealkylation sites (tertiary alicyclic amines) is 1. The molecule has 1 aromatic carbocycles. The third-order valence-corrected chi connectivity index (χ3v) is 6.41. The van der Waals surface area contributed by atoms with Crippen LogP contribution in [0, 0.1) is 5.41 Å². The van der Waals surface area contributed by atoms with Gasteiger partial charge < -0.3 is 9.80 Å². The van der Waals surface area contributed by atoms with Crippen LogP contribution in [0.25, 0.3) is 11.0 Å². The van der Waals surface area contributed by atoms with Crippen molar-refractivity contribution in [1.82, 2.24) is 19.4 Å². The summed E-state index contributed by atoms with van der Waals surface area (Å²) in [5.74, 6) is -0.807. The van der Waals surface area contributed by atoms with Gasteiger partial charge in [-0.25, -0.2) is 4.79 Å². The monoisotopic (exact) mass is 399 g/mol. The minimum Gasteiger partial charge on any atom is -0.370 e. The highest BCUT2D eigenvalue weighted by molar-refractivity contribution is 5.96. The zero-order chi connectivity index (χ0) is 20.8. The van der Waals surface area contributed by atoms with Crippen LogP contribution < -0.4 is 15.9 Å². The molecule has 156 valence electrons. The summed E-state index contributed by atoms with van der Waals surface area (Å²) in [5, 5.41) is 2.32. The van der Waals surface area contributed by atoms with Gasteiger partial charge in [-0.05, 0) is 37.4 Å². The van der Waals surface area contributed by atoms with E-state index in [-0.39, 0.29) is 24.6 Å². The Morgan fingerprint density at radius 2 is 1.79 bits per heavy atom. The molecule has 1 spiro atoms. The fourth-order valence-corrected chi connectivity index (χ4v) is 4.93. The Kier molecular flexibility index (Phi) is 4.98. The molecule has 2 aliphatic rings. The van der Waals surface area contributed by atoms with Crippen LogP contribution in [-0.4, -0.2) is 59.1 Å². The van der Waals surface area contributed by atoms with E-state index < -0.39 is 5.91 Å². The van der Waals surface area contributed by atoms with E-state index in [1.807, 2.05) is 12.1 Å². The number of nitrogens with one attached hydrogen (secondary N) is 1. The Balaban J connectivity index is 1.61. The number of amides is 2. The zero-order valence-corrected chi connectivity index (χ0v) is 17.4. The molecule has 2 fully saturated rings. The molecule has 2 aromatic rings. The number of imidazole rings is 1. The first-order valence-corrected chi connectivity index (χ1v) is 10.3. The third kappa shape index (κ3) is 3.46. The number of piperidine rings is 1. The van der Waals surface area contributed by atoms with Crippen LogP contribution in [0.3, 0.4) is 0 Å². The molecule has 2 amide bonds. The normalized spacial score (nSPS) is 18.8. The number of anilines is 1. The molecule has 29 heavy (non-hydrogen) atoms. The molecule has 8 nitrogen and oxygen atoms in total.